The summed E-state index contributed by atoms with van der Waals surface area (Å²) in [5.41, 5.74) is 1.28. The van der Waals surface area contributed by atoms with Crippen LogP contribution in [0.4, 0.5) is 13.2 Å². The number of nitrogens with one attached hydrogen (secondary N) is 1. The first-order valence-corrected chi connectivity index (χ1v) is 7.87. The molecule has 0 aromatic heterocycles. The SMILES string of the molecule is Cc1cc(OCC(=O)NCc2cccc(C(F)(F)F)c2)cc(C)c1Cl. The van der Waals surface area contributed by atoms with Crippen molar-refractivity contribution in [3.63, 3.8) is 0 Å². The Kier molecular flexibility index (Phi) is 5.95. The van der Waals surface area contributed by atoms with Gasteiger partial charge >= 0.3 is 6.18 Å². The number of rotatable bonds is 5. The summed E-state index contributed by atoms with van der Waals surface area (Å²) in [7, 11) is 0. The van der Waals surface area contributed by atoms with E-state index in [0.29, 0.717) is 16.3 Å². The van der Waals surface area contributed by atoms with Crippen LogP contribution in [0.5, 0.6) is 5.75 Å². The van der Waals surface area contributed by atoms with Gasteiger partial charge in [0.1, 0.15) is 5.75 Å². The molecule has 2 aromatic rings. The first-order valence-electron chi connectivity index (χ1n) is 7.49. The second kappa shape index (κ2) is 7.78. The van der Waals surface area contributed by atoms with Gasteiger partial charge in [0.05, 0.1) is 5.56 Å². The van der Waals surface area contributed by atoms with Crippen LogP contribution in [0.25, 0.3) is 0 Å². The molecule has 1 N–H and O–H groups in total. The van der Waals surface area contributed by atoms with Crippen molar-refractivity contribution in [1.29, 1.82) is 0 Å². The van der Waals surface area contributed by atoms with Crippen molar-refractivity contribution in [3.05, 3.63) is 63.7 Å². The molecule has 2 rings (SSSR count). The Balaban J connectivity index is 1.89. The van der Waals surface area contributed by atoms with Crippen LogP contribution in [0.15, 0.2) is 36.4 Å². The molecule has 0 radical (unpaired) electrons. The minimum Gasteiger partial charge on any atom is -0.484 e. The number of hydrogen-bond donors (Lipinski definition) is 1. The molecule has 0 heterocycles. The molecule has 0 bridgehead atoms. The largest absolute Gasteiger partial charge is 0.484 e. The maximum atomic E-state index is 12.7. The van der Waals surface area contributed by atoms with Crippen LogP contribution in [0.2, 0.25) is 5.02 Å². The van der Waals surface area contributed by atoms with E-state index in [1.165, 1.54) is 12.1 Å². The van der Waals surface area contributed by atoms with Gasteiger partial charge in [-0.15, -0.1) is 0 Å². The number of halogens is 4. The van der Waals surface area contributed by atoms with Gasteiger partial charge in [0, 0.05) is 11.6 Å². The van der Waals surface area contributed by atoms with E-state index in [9.17, 15) is 18.0 Å². The van der Waals surface area contributed by atoms with Crippen molar-refractivity contribution < 1.29 is 22.7 Å². The molecule has 0 atom stereocenters. The van der Waals surface area contributed by atoms with Gasteiger partial charge < -0.3 is 10.1 Å². The standard InChI is InChI=1S/C18H17ClF3NO2/c1-11-6-15(7-12(2)17(11)19)25-10-16(24)23-9-13-4-3-5-14(8-13)18(20,21)22/h3-8H,9-10H2,1-2H3,(H,23,24). The lowest BCUT2D eigenvalue weighted by molar-refractivity contribution is -0.137. The smallest absolute Gasteiger partial charge is 0.416 e. The number of amides is 1. The summed E-state index contributed by atoms with van der Waals surface area (Å²) in [4.78, 5) is 11.8. The molecule has 1 amide bonds. The Morgan fingerprint density at radius 1 is 1.16 bits per heavy atom. The third-order valence-electron chi connectivity index (χ3n) is 3.52. The minimum atomic E-state index is -4.41. The molecule has 2 aromatic carbocycles. The Morgan fingerprint density at radius 3 is 2.40 bits per heavy atom. The lowest BCUT2D eigenvalue weighted by Crippen LogP contribution is -2.28. The number of carbonyl (C=O) groups is 1. The number of ether oxygens (including phenoxy) is 1. The van der Waals surface area contributed by atoms with Crippen LogP contribution in [0.3, 0.4) is 0 Å². The van der Waals surface area contributed by atoms with Crippen molar-refractivity contribution in [2.75, 3.05) is 6.61 Å². The highest BCUT2D eigenvalue weighted by atomic mass is 35.5. The summed E-state index contributed by atoms with van der Waals surface area (Å²) < 4.78 is 43.4. The molecule has 0 saturated heterocycles. The van der Waals surface area contributed by atoms with Crippen molar-refractivity contribution in [3.8, 4) is 5.75 Å². The fraction of sp³-hybridized carbons (Fsp3) is 0.278. The summed E-state index contributed by atoms with van der Waals surface area (Å²) in [6.45, 7) is 3.41. The third-order valence-corrected chi connectivity index (χ3v) is 4.12. The molecule has 0 aliphatic rings. The molecule has 0 fully saturated rings. The maximum Gasteiger partial charge on any atom is 0.416 e. The molecule has 0 spiro atoms. The van der Waals surface area contributed by atoms with Crippen LogP contribution < -0.4 is 10.1 Å². The summed E-state index contributed by atoms with van der Waals surface area (Å²) in [6.07, 6.45) is -4.41. The van der Waals surface area contributed by atoms with Gasteiger partial charge in [-0.05, 0) is 54.8 Å². The Bertz CT molecular complexity index is 752. The average molecular weight is 372 g/mol. The number of hydrogen-bond acceptors (Lipinski definition) is 2. The van der Waals surface area contributed by atoms with E-state index in [4.69, 9.17) is 16.3 Å². The molecule has 3 nitrogen and oxygen atoms in total. The molecule has 134 valence electrons. The number of aryl methyl sites for hydroxylation is 2. The Morgan fingerprint density at radius 2 is 1.80 bits per heavy atom. The first kappa shape index (κ1) is 19.1. The second-order valence-corrected chi connectivity index (χ2v) is 6.01. The maximum absolute atomic E-state index is 12.7. The zero-order chi connectivity index (χ0) is 18.6. The summed E-state index contributed by atoms with van der Waals surface area (Å²) in [5, 5.41) is 3.17. The average Bonchev–Trinajstić information content (AvgIpc) is 2.55. The van der Waals surface area contributed by atoms with Crippen LogP contribution in [0.1, 0.15) is 22.3 Å². The predicted molar refractivity (Wildman–Crippen MR) is 89.7 cm³/mol. The van der Waals surface area contributed by atoms with Gasteiger partial charge in [-0.25, -0.2) is 0 Å². The van der Waals surface area contributed by atoms with E-state index >= 15 is 0 Å². The van der Waals surface area contributed by atoms with Crippen LogP contribution in [-0.4, -0.2) is 12.5 Å². The highest BCUT2D eigenvalue weighted by Crippen LogP contribution is 2.29. The van der Waals surface area contributed by atoms with E-state index in [-0.39, 0.29) is 13.2 Å². The van der Waals surface area contributed by atoms with Crippen LogP contribution in [-0.2, 0) is 17.5 Å². The van der Waals surface area contributed by atoms with Crippen LogP contribution in [0, 0.1) is 13.8 Å². The minimum absolute atomic E-state index is 0.00914. The fourth-order valence-electron chi connectivity index (χ4n) is 2.25. The third kappa shape index (κ3) is 5.39. The van der Waals surface area contributed by atoms with Gasteiger partial charge in [0.15, 0.2) is 6.61 Å². The van der Waals surface area contributed by atoms with E-state index in [1.807, 2.05) is 13.8 Å². The van der Waals surface area contributed by atoms with Gasteiger partial charge in [0.2, 0.25) is 0 Å². The number of alkyl halides is 3. The molecule has 7 heteroatoms. The van der Waals surface area contributed by atoms with Crippen molar-refractivity contribution >= 4 is 17.5 Å². The highest BCUT2D eigenvalue weighted by molar-refractivity contribution is 6.32. The van der Waals surface area contributed by atoms with E-state index in [2.05, 4.69) is 5.32 Å². The monoisotopic (exact) mass is 371 g/mol. The second-order valence-electron chi connectivity index (χ2n) is 5.63. The zero-order valence-corrected chi connectivity index (χ0v) is 14.5. The molecule has 0 unspecified atom stereocenters. The topological polar surface area (TPSA) is 38.3 Å². The van der Waals surface area contributed by atoms with Crippen molar-refractivity contribution in [2.45, 2.75) is 26.6 Å². The molecule has 0 aliphatic carbocycles. The van der Waals surface area contributed by atoms with Crippen molar-refractivity contribution in [2.24, 2.45) is 0 Å². The summed E-state index contributed by atoms with van der Waals surface area (Å²) in [5.74, 6) is 0.0799. The van der Waals surface area contributed by atoms with E-state index < -0.39 is 17.6 Å². The van der Waals surface area contributed by atoms with Gasteiger partial charge in [0.25, 0.3) is 5.91 Å². The lowest BCUT2D eigenvalue weighted by atomic mass is 10.1. The zero-order valence-electron chi connectivity index (χ0n) is 13.7. The van der Waals surface area contributed by atoms with Crippen LogP contribution >= 0.6 is 11.6 Å². The number of benzene rings is 2. The molecular weight excluding hydrogens is 355 g/mol. The summed E-state index contributed by atoms with van der Waals surface area (Å²) in [6, 6.07) is 8.25. The van der Waals surface area contributed by atoms with E-state index in [1.54, 1.807) is 12.1 Å². The van der Waals surface area contributed by atoms with Gasteiger partial charge in [-0.1, -0.05) is 23.7 Å². The highest BCUT2D eigenvalue weighted by Gasteiger charge is 2.30. The first-order chi connectivity index (χ1) is 11.7. The molecule has 25 heavy (non-hydrogen) atoms. The Labute approximate surface area is 148 Å². The van der Waals surface area contributed by atoms with E-state index in [0.717, 1.165) is 23.3 Å². The lowest BCUT2D eigenvalue weighted by Gasteiger charge is -2.11. The van der Waals surface area contributed by atoms with Crippen molar-refractivity contribution in [1.82, 2.24) is 5.32 Å². The predicted octanol–water partition coefficient (Wildman–Crippen LogP) is 4.67. The molecule has 0 saturated carbocycles. The number of carbonyl (C=O) groups excluding carboxylic acids is 1. The Hall–Kier alpha value is -2.21. The molecule has 0 aliphatic heterocycles. The quantitative estimate of drug-likeness (QED) is 0.829. The summed E-state index contributed by atoms with van der Waals surface area (Å²) >= 11 is 6.06. The molecular formula is C18H17ClF3NO2. The normalized spacial score (nSPS) is 11.3. The fourth-order valence-corrected chi connectivity index (χ4v) is 2.36. The van der Waals surface area contributed by atoms with Gasteiger partial charge in [-0.3, -0.25) is 4.79 Å². The van der Waals surface area contributed by atoms with Gasteiger partial charge in [-0.2, -0.15) is 13.2 Å².